The molecular weight excluding hydrogens is 306 g/mol. The van der Waals surface area contributed by atoms with Crippen LogP contribution in [-0.4, -0.2) is 69.4 Å². The Kier molecular flexibility index (Phi) is 7.34. The van der Waals surface area contributed by atoms with Gasteiger partial charge in [-0.3, -0.25) is 0 Å². The Balaban J connectivity index is 1.86. The number of likely N-dealkylation sites (N-methyl/N-ethyl adjacent to an activating group) is 1. The molecule has 1 fully saturated rings. The van der Waals surface area contributed by atoms with Crippen molar-refractivity contribution in [1.29, 1.82) is 0 Å². The fraction of sp³-hybridized carbons (Fsp3) is 0.611. The summed E-state index contributed by atoms with van der Waals surface area (Å²) in [6.07, 6.45) is 2.12. The molecule has 0 saturated carbocycles. The number of urea groups is 1. The summed E-state index contributed by atoms with van der Waals surface area (Å²) in [5, 5.41) is 3.03. The maximum Gasteiger partial charge on any atom is 0.317 e. The van der Waals surface area contributed by atoms with Gasteiger partial charge in [-0.25, -0.2) is 4.79 Å². The van der Waals surface area contributed by atoms with E-state index in [2.05, 4.69) is 17.3 Å². The van der Waals surface area contributed by atoms with E-state index >= 15 is 0 Å². The molecule has 0 aliphatic carbocycles. The molecule has 134 valence electrons. The second kappa shape index (κ2) is 9.49. The van der Waals surface area contributed by atoms with Crippen LogP contribution in [0.5, 0.6) is 5.75 Å². The number of methoxy groups -OCH3 is 2. The van der Waals surface area contributed by atoms with E-state index in [0.29, 0.717) is 13.2 Å². The standard InChI is InChI=1S/C18H29N3O3/c1-20(11-12-23-2)14-16-8-6-10-21(16)18(22)19-13-15-7-4-5-9-17(15)24-3/h4-5,7,9,16H,6,8,10-14H2,1-3H3,(H,19,22)/t16-/m1/s1. The van der Waals surface area contributed by atoms with Crippen LogP contribution in [0.4, 0.5) is 4.79 Å². The fourth-order valence-corrected chi connectivity index (χ4v) is 3.11. The third-order valence-corrected chi connectivity index (χ3v) is 4.46. The van der Waals surface area contributed by atoms with Crippen molar-refractivity contribution >= 4 is 6.03 Å². The number of benzene rings is 1. The molecule has 0 spiro atoms. The molecule has 2 rings (SSSR count). The normalized spacial score (nSPS) is 17.3. The highest BCUT2D eigenvalue weighted by Crippen LogP contribution is 2.20. The van der Waals surface area contributed by atoms with Gasteiger partial charge in [0, 0.05) is 44.9 Å². The molecule has 1 aliphatic heterocycles. The first-order chi connectivity index (χ1) is 11.7. The van der Waals surface area contributed by atoms with E-state index in [9.17, 15) is 4.79 Å². The summed E-state index contributed by atoms with van der Waals surface area (Å²) in [7, 11) is 5.43. The second-order valence-corrected chi connectivity index (χ2v) is 6.22. The van der Waals surface area contributed by atoms with Crippen molar-refractivity contribution in [3.05, 3.63) is 29.8 Å². The van der Waals surface area contributed by atoms with E-state index < -0.39 is 0 Å². The van der Waals surface area contributed by atoms with Gasteiger partial charge < -0.3 is 24.6 Å². The SMILES string of the molecule is COCCN(C)C[C@H]1CCCN1C(=O)NCc1ccccc1OC. The number of hydrogen-bond acceptors (Lipinski definition) is 4. The molecule has 0 unspecified atom stereocenters. The van der Waals surface area contributed by atoms with Gasteiger partial charge in [0.1, 0.15) is 5.75 Å². The highest BCUT2D eigenvalue weighted by atomic mass is 16.5. The lowest BCUT2D eigenvalue weighted by molar-refractivity contribution is 0.140. The van der Waals surface area contributed by atoms with Crippen molar-refractivity contribution in [1.82, 2.24) is 15.1 Å². The molecule has 1 aromatic rings. The quantitative estimate of drug-likeness (QED) is 0.789. The molecule has 1 N–H and O–H groups in total. The van der Waals surface area contributed by atoms with Gasteiger partial charge in [0.05, 0.1) is 13.7 Å². The molecule has 2 amide bonds. The number of likely N-dealkylation sites (tertiary alicyclic amines) is 1. The highest BCUT2D eigenvalue weighted by molar-refractivity contribution is 5.75. The van der Waals surface area contributed by atoms with Crippen molar-refractivity contribution < 1.29 is 14.3 Å². The van der Waals surface area contributed by atoms with Crippen LogP contribution < -0.4 is 10.1 Å². The lowest BCUT2D eigenvalue weighted by atomic mass is 10.2. The fourth-order valence-electron chi connectivity index (χ4n) is 3.11. The van der Waals surface area contributed by atoms with E-state index in [4.69, 9.17) is 9.47 Å². The number of para-hydroxylation sites is 1. The molecule has 1 aromatic carbocycles. The summed E-state index contributed by atoms with van der Waals surface area (Å²) in [5.74, 6) is 0.801. The minimum atomic E-state index is 0.00328. The van der Waals surface area contributed by atoms with Crippen molar-refractivity contribution in [3.8, 4) is 5.75 Å². The number of rotatable bonds is 8. The molecule has 0 bridgehead atoms. The topological polar surface area (TPSA) is 54.0 Å². The largest absolute Gasteiger partial charge is 0.496 e. The predicted octanol–water partition coefficient (Wildman–Crippen LogP) is 1.95. The zero-order chi connectivity index (χ0) is 17.4. The highest BCUT2D eigenvalue weighted by Gasteiger charge is 2.29. The molecule has 1 atom stereocenters. The Labute approximate surface area is 144 Å². The van der Waals surface area contributed by atoms with E-state index in [1.165, 1.54) is 0 Å². The Morgan fingerprint density at radius 3 is 2.92 bits per heavy atom. The Bertz CT molecular complexity index is 524. The molecule has 1 heterocycles. The Morgan fingerprint density at radius 1 is 1.38 bits per heavy atom. The van der Waals surface area contributed by atoms with E-state index in [-0.39, 0.29) is 12.1 Å². The van der Waals surface area contributed by atoms with E-state index in [0.717, 1.165) is 43.8 Å². The van der Waals surface area contributed by atoms with Crippen molar-refractivity contribution in [2.45, 2.75) is 25.4 Å². The van der Waals surface area contributed by atoms with Gasteiger partial charge in [0.25, 0.3) is 0 Å². The van der Waals surface area contributed by atoms with Crippen LogP contribution in [0.25, 0.3) is 0 Å². The average Bonchev–Trinajstić information content (AvgIpc) is 3.06. The molecule has 24 heavy (non-hydrogen) atoms. The van der Waals surface area contributed by atoms with Gasteiger partial charge in [-0.2, -0.15) is 0 Å². The minimum absolute atomic E-state index is 0.00328. The first-order valence-corrected chi connectivity index (χ1v) is 8.49. The number of ether oxygens (including phenoxy) is 2. The van der Waals surface area contributed by atoms with Crippen LogP contribution in [0.15, 0.2) is 24.3 Å². The zero-order valence-electron chi connectivity index (χ0n) is 15.0. The smallest absolute Gasteiger partial charge is 0.317 e. The summed E-state index contributed by atoms with van der Waals surface area (Å²) >= 11 is 0. The Hall–Kier alpha value is -1.79. The van der Waals surface area contributed by atoms with Gasteiger partial charge in [0.2, 0.25) is 0 Å². The van der Waals surface area contributed by atoms with Gasteiger partial charge in [0.15, 0.2) is 0 Å². The number of nitrogens with zero attached hydrogens (tertiary/aromatic N) is 2. The second-order valence-electron chi connectivity index (χ2n) is 6.22. The molecule has 1 saturated heterocycles. The maximum atomic E-state index is 12.6. The van der Waals surface area contributed by atoms with Crippen LogP contribution in [0.1, 0.15) is 18.4 Å². The molecule has 6 nitrogen and oxygen atoms in total. The summed E-state index contributed by atoms with van der Waals surface area (Å²) in [6.45, 7) is 3.77. The molecule has 1 aliphatic rings. The van der Waals surface area contributed by atoms with Gasteiger partial charge >= 0.3 is 6.03 Å². The summed E-state index contributed by atoms with van der Waals surface area (Å²) < 4.78 is 10.4. The Morgan fingerprint density at radius 2 is 2.17 bits per heavy atom. The van der Waals surface area contributed by atoms with Crippen LogP contribution in [0.3, 0.4) is 0 Å². The molecular formula is C18H29N3O3. The first kappa shape index (κ1) is 18.5. The lowest BCUT2D eigenvalue weighted by Crippen LogP contribution is -2.47. The molecule has 6 heteroatoms. The number of carbonyl (C=O) groups excluding carboxylic acids is 1. The van der Waals surface area contributed by atoms with Crippen molar-refractivity contribution in [2.75, 3.05) is 47.5 Å². The van der Waals surface area contributed by atoms with Gasteiger partial charge in [-0.05, 0) is 26.0 Å². The lowest BCUT2D eigenvalue weighted by Gasteiger charge is -2.29. The number of carbonyl (C=O) groups is 1. The third kappa shape index (κ3) is 5.11. The van der Waals surface area contributed by atoms with E-state index in [1.807, 2.05) is 29.2 Å². The monoisotopic (exact) mass is 335 g/mol. The molecule has 0 aromatic heterocycles. The summed E-state index contributed by atoms with van der Waals surface area (Å²) in [5.41, 5.74) is 0.987. The van der Waals surface area contributed by atoms with Crippen molar-refractivity contribution in [3.63, 3.8) is 0 Å². The predicted molar refractivity (Wildman–Crippen MR) is 94.3 cm³/mol. The van der Waals surface area contributed by atoms with Crippen LogP contribution >= 0.6 is 0 Å². The average molecular weight is 335 g/mol. The van der Waals surface area contributed by atoms with E-state index in [1.54, 1.807) is 14.2 Å². The summed E-state index contributed by atoms with van der Waals surface area (Å²) in [4.78, 5) is 16.7. The molecule has 0 radical (unpaired) electrons. The summed E-state index contributed by atoms with van der Waals surface area (Å²) in [6, 6.07) is 8.03. The zero-order valence-corrected chi connectivity index (χ0v) is 15.0. The minimum Gasteiger partial charge on any atom is -0.496 e. The number of nitrogens with one attached hydrogen (secondary N) is 1. The van der Waals surface area contributed by atoms with Gasteiger partial charge in [-0.1, -0.05) is 18.2 Å². The van der Waals surface area contributed by atoms with Crippen LogP contribution in [0, 0.1) is 0 Å². The maximum absolute atomic E-state index is 12.6. The van der Waals surface area contributed by atoms with Crippen LogP contribution in [0.2, 0.25) is 0 Å². The number of hydrogen-bond donors (Lipinski definition) is 1. The first-order valence-electron chi connectivity index (χ1n) is 8.49. The third-order valence-electron chi connectivity index (χ3n) is 4.46. The van der Waals surface area contributed by atoms with Crippen LogP contribution in [-0.2, 0) is 11.3 Å². The number of amides is 2. The van der Waals surface area contributed by atoms with Crippen molar-refractivity contribution in [2.24, 2.45) is 0 Å². The van der Waals surface area contributed by atoms with Gasteiger partial charge in [-0.15, -0.1) is 0 Å².